The van der Waals surface area contributed by atoms with E-state index in [0.717, 1.165) is 24.2 Å². The van der Waals surface area contributed by atoms with Crippen LogP contribution < -0.4 is 0 Å². The van der Waals surface area contributed by atoms with Gasteiger partial charge in [-0.25, -0.2) is 0 Å². The average molecular weight is 441 g/mol. The molecule has 3 unspecified atom stereocenters. The van der Waals surface area contributed by atoms with Gasteiger partial charge in [0.05, 0.1) is 5.60 Å². The van der Waals surface area contributed by atoms with Crippen molar-refractivity contribution >= 4 is 8.32 Å². The Kier molecular flexibility index (Phi) is 8.72. The van der Waals surface area contributed by atoms with E-state index in [0.29, 0.717) is 23.4 Å². The van der Waals surface area contributed by atoms with Gasteiger partial charge in [0, 0.05) is 13.2 Å². The molecule has 0 aromatic heterocycles. The van der Waals surface area contributed by atoms with Crippen LogP contribution in [0, 0.1) is 23.2 Å². The smallest absolute Gasteiger partial charge is 0.192 e. The Hall–Kier alpha value is 0.0969. The molecule has 2 aliphatic rings. The zero-order valence-corrected chi connectivity index (χ0v) is 22.9. The Morgan fingerprint density at radius 3 is 2.33 bits per heavy atom. The summed E-state index contributed by atoms with van der Waals surface area (Å²) in [6, 6.07) is 0. The molecule has 0 aliphatic heterocycles. The summed E-state index contributed by atoms with van der Waals surface area (Å²) in [5.41, 5.74) is 0.373. The lowest BCUT2D eigenvalue weighted by Crippen LogP contribution is -2.50. The Balaban J connectivity index is 1.97. The minimum atomic E-state index is -1.71. The van der Waals surface area contributed by atoms with Gasteiger partial charge in [-0.15, -0.1) is 0 Å². The molecule has 5 atom stereocenters. The first kappa shape index (κ1) is 26.4. The lowest BCUT2D eigenvalue weighted by Gasteiger charge is -2.50. The van der Waals surface area contributed by atoms with Crippen molar-refractivity contribution in [2.24, 2.45) is 23.2 Å². The van der Waals surface area contributed by atoms with Crippen LogP contribution in [0.2, 0.25) is 18.1 Å². The second-order valence-corrected chi connectivity index (χ2v) is 17.5. The van der Waals surface area contributed by atoms with Crippen LogP contribution in [0.4, 0.5) is 0 Å². The fourth-order valence-electron chi connectivity index (χ4n) is 6.13. The van der Waals surface area contributed by atoms with Gasteiger partial charge >= 0.3 is 0 Å². The fourth-order valence-corrected chi connectivity index (χ4v) is 7.53. The third-order valence-electron chi connectivity index (χ3n) is 9.08. The summed E-state index contributed by atoms with van der Waals surface area (Å²) in [5.74, 6) is 2.38. The summed E-state index contributed by atoms with van der Waals surface area (Å²) in [7, 11) is -0.0156. The third kappa shape index (κ3) is 6.11. The van der Waals surface area contributed by atoms with Gasteiger partial charge in [0.25, 0.3) is 0 Å². The second kappa shape index (κ2) is 9.93. The van der Waals surface area contributed by atoms with Crippen LogP contribution in [0.3, 0.4) is 0 Å². The number of rotatable bonds is 10. The zero-order chi connectivity index (χ0) is 22.8. The van der Waals surface area contributed by atoms with Gasteiger partial charge in [0.2, 0.25) is 0 Å². The van der Waals surface area contributed by atoms with E-state index in [2.05, 4.69) is 61.6 Å². The highest BCUT2D eigenvalue weighted by atomic mass is 28.4. The molecule has 0 aromatic rings. The fraction of sp³-hybridized carbons (Fsp3) is 1.00. The van der Waals surface area contributed by atoms with Gasteiger partial charge in [-0.3, -0.25) is 0 Å². The van der Waals surface area contributed by atoms with E-state index in [9.17, 15) is 0 Å². The quantitative estimate of drug-likeness (QED) is 0.256. The van der Waals surface area contributed by atoms with Crippen LogP contribution in [0.5, 0.6) is 0 Å². The number of ether oxygens (including phenoxy) is 2. The Morgan fingerprint density at radius 2 is 1.73 bits per heavy atom. The lowest BCUT2D eigenvalue weighted by atomic mass is 9.61. The molecule has 0 N–H and O–H groups in total. The van der Waals surface area contributed by atoms with Crippen LogP contribution in [-0.4, -0.2) is 33.9 Å². The van der Waals surface area contributed by atoms with Gasteiger partial charge in [-0.1, -0.05) is 53.9 Å². The van der Waals surface area contributed by atoms with Gasteiger partial charge in [-0.2, -0.15) is 0 Å². The van der Waals surface area contributed by atoms with Crippen molar-refractivity contribution < 1.29 is 13.9 Å². The molecule has 2 saturated carbocycles. The molecule has 2 aliphatic carbocycles. The van der Waals surface area contributed by atoms with E-state index in [1.165, 1.54) is 44.9 Å². The number of fused-ring (bicyclic) bond motifs is 1. The number of hydrogen-bond donors (Lipinski definition) is 0. The summed E-state index contributed by atoms with van der Waals surface area (Å²) in [5, 5.41) is 0.295. The molecule has 0 radical (unpaired) electrons. The zero-order valence-electron chi connectivity index (χ0n) is 21.9. The average Bonchev–Trinajstić information content (AvgIpc) is 2.96. The van der Waals surface area contributed by atoms with Crippen molar-refractivity contribution in [1.82, 2.24) is 0 Å². The molecule has 4 heteroatoms. The van der Waals surface area contributed by atoms with Crippen LogP contribution in [0.1, 0.15) is 99.8 Å². The van der Waals surface area contributed by atoms with Crippen molar-refractivity contribution in [2.75, 3.05) is 13.9 Å². The van der Waals surface area contributed by atoms with E-state index in [1.807, 2.05) is 0 Å². The Bertz CT molecular complexity index is 539. The summed E-state index contributed by atoms with van der Waals surface area (Å²) in [4.78, 5) is 0. The van der Waals surface area contributed by atoms with E-state index in [1.54, 1.807) is 7.11 Å². The molecule has 0 heterocycles. The second-order valence-electron chi connectivity index (χ2n) is 12.8. The predicted octanol–water partition coefficient (Wildman–Crippen LogP) is 7.80. The SMILES string of the molecule is COCOC(C)(C)CCC[C@H](C)C1CCC2[C@@H](O[Si](C)(C)C(C)(C)C)CCCC21C. The van der Waals surface area contributed by atoms with E-state index in [-0.39, 0.29) is 5.60 Å². The maximum absolute atomic E-state index is 7.02. The topological polar surface area (TPSA) is 27.7 Å². The molecule has 178 valence electrons. The minimum absolute atomic E-state index is 0.0925. The molecular weight excluding hydrogens is 388 g/mol. The first-order valence-corrected chi connectivity index (χ1v) is 15.4. The van der Waals surface area contributed by atoms with Gasteiger partial charge < -0.3 is 13.9 Å². The Labute approximate surface area is 189 Å². The van der Waals surface area contributed by atoms with Crippen LogP contribution >= 0.6 is 0 Å². The van der Waals surface area contributed by atoms with Gasteiger partial charge in [-0.05, 0) is 87.3 Å². The van der Waals surface area contributed by atoms with E-state index in [4.69, 9.17) is 13.9 Å². The molecule has 30 heavy (non-hydrogen) atoms. The highest BCUT2D eigenvalue weighted by Crippen LogP contribution is 2.59. The largest absolute Gasteiger partial charge is 0.414 e. The van der Waals surface area contributed by atoms with Crippen molar-refractivity contribution in [1.29, 1.82) is 0 Å². The predicted molar refractivity (Wildman–Crippen MR) is 130 cm³/mol. The first-order valence-electron chi connectivity index (χ1n) is 12.5. The molecule has 3 nitrogen and oxygen atoms in total. The maximum atomic E-state index is 7.02. The van der Waals surface area contributed by atoms with Crippen LogP contribution in [0.25, 0.3) is 0 Å². The molecule has 0 amide bonds. The summed E-state index contributed by atoms with van der Waals surface area (Å²) in [6.07, 6.45) is 10.9. The standard InChI is InChI=1S/C26H52O3Si/c1-20(13-11-17-25(5,6)28-19-27-8)21-15-16-22-23(14-12-18-26(21,22)7)29-30(9,10)24(2,3)4/h20-23H,11-19H2,1-10H3/t20-,21?,22?,23-,26?/m0/s1. The molecule has 0 bridgehead atoms. The van der Waals surface area contributed by atoms with E-state index >= 15 is 0 Å². The van der Waals surface area contributed by atoms with Gasteiger partial charge in [0.15, 0.2) is 8.32 Å². The maximum Gasteiger partial charge on any atom is 0.192 e. The molecule has 2 fully saturated rings. The van der Waals surface area contributed by atoms with Crippen molar-refractivity contribution in [3.63, 3.8) is 0 Å². The molecule has 0 spiro atoms. The van der Waals surface area contributed by atoms with Crippen molar-refractivity contribution in [3.8, 4) is 0 Å². The summed E-state index contributed by atoms with van der Waals surface area (Å²) >= 11 is 0. The number of methoxy groups -OCH3 is 1. The minimum Gasteiger partial charge on any atom is -0.414 e. The normalized spacial score (nSPS) is 31.6. The monoisotopic (exact) mass is 440 g/mol. The highest BCUT2D eigenvalue weighted by molar-refractivity contribution is 6.74. The third-order valence-corrected chi connectivity index (χ3v) is 13.6. The highest BCUT2D eigenvalue weighted by Gasteiger charge is 2.54. The lowest BCUT2D eigenvalue weighted by molar-refractivity contribution is -0.118. The van der Waals surface area contributed by atoms with E-state index < -0.39 is 8.32 Å². The van der Waals surface area contributed by atoms with Crippen LogP contribution in [-0.2, 0) is 13.9 Å². The van der Waals surface area contributed by atoms with Crippen LogP contribution in [0.15, 0.2) is 0 Å². The van der Waals surface area contributed by atoms with Crippen molar-refractivity contribution in [3.05, 3.63) is 0 Å². The van der Waals surface area contributed by atoms with Crippen molar-refractivity contribution in [2.45, 2.75) is 130 Å². The first-order chi connectivity index (χ1) is 13.7. The molecule has 0 aromatic carbocycles. The molecular formula is C26H52O3Si. The summed E-state index contributed by atoms with van der Waals surface area (Å²) in [6.45, 7) is 21.9. The van der Waals surface area contributed by atoms with Gasteiger partial charge in [0.1, 0.15) is 6.79 Å². The molecule has 0 saturated heterocycles. The Morgan fingerprint density at radius 1 is 1.07 bits per heavy atom. The summed E-state index contributed by atoms with van der Waals surface area (Å²) < 4.78 is 18.0. The molecule has 2 rings (SSSR count). The number of hydrogen-bond acceptors (Lipinski definition) is 3.